The molecule has 1 aromatic heterocycles. The molecule has 0 atom stereocenters. The molecule has 1 N–H and O–H groups in total. The van der Waals surface area contributed by atoms with Crippen molar-refractivity contribution in [3.63, 3.8) is 0 Å². The van der Waals surface area contributed by atoms with E-state index in [9.17, 15) is 0 Å². The number of nitrogens with one attached hydrogen (secondary N) is 1. The zero-order valence-corrected chi connectivity index (χ0v) is 12.6. The summed E-state index contributed by atoms with van der Waals surface area (Å²) in [4.78, 5) is 4.90. The summed E-state index contributed by atoms with van der Waals surface area (Å²) in [5.41, 5.74) is 5.33. The van der Waals surface area contributed by atoms with Crippen molar-refractivity contribution in [2.75, 3.05) is 6.54 Å². The van der Waals surface area contributed by atoms with Crippen molar-refractivity contribution in [2.24, 2.45) is 0 Å². The maximum absolute atomic E-state index is 4.90. The highest BCUT2D eigenvalue weighted by Gasteiger charge is 2.23. The number of hydrogen-bond donors (Lipinski definition) is 1. The van der Waals surface area contributed by atoms with Crippen molar-refractivity contribution < 1.29 is 0 Å². The van der Waals surface area contributed by atoms with Crippen molar-refractivity contribution in [2.45, 2.75) is 46.1 Å². The molecule has 0 fully saturated rings. The van der Waals surface area contributed by atoms with Crippen molar-refractivity contribution in [1.29, 1.82) is 0 Å². The second-order valence-corrected chi connectivity index (χ2v) is 5.76. The van der Waals surface area contributed by atoms with Crippen LogP contribution in [0.2, 0.25) is 0 Å². The van der Waals surface area contributed by atoms with E-state index in [0.29, 0.717) is 5.92 Å². The first-order valence-corrected chi connectivity index (χ1v) is 7.61. The molecule has 0 bridgehead atoms. The van der Waals surface area contributed by atoms with Gasteiger partial charge in [-0.2, -0.15) is 0 Å². The fourth-order valence-electron chi connectivity index (χ4n) is 3.02. The Morgan fingerprint density at radius 1 is 1.30 bits per heavy atom. The number of aromatic nitrogens is 2. The molecule has 0 radical (unpaired) electrons. The molecule has 0 saturated carbocycles. The van der Waals surface area contributed by atoms with Gasteiger partial charge in [0.05, 0.1) is 11.4 Å². The molecule has 3 rings (SSSR count). The Labute approximate surface area is 121 Å². The zero-order chi connectivity index (χ0) is 14.1. The van der Waals surface area contributed by atoms with Gasteiger partial charge in [0.1, 0.15) is 5.82 Å². The van der Waals surface area contributed by atoms with Gasteiger partial charge in [-0.15, -0.1) is 0 Å². The third-order valence-corrected chi connectivity index (χ3v) is 4.04. The average Bonchev–Trinajstić information content (AvgIpc) is 2.86. The molecule has 0 unspecified atom stereocenters. The summed E-state index contributed by atoms with van der Waals surface area (Å²) >= 11 is 0. The van der Waals surface area contributed by atoms with Gasteiger partial charge in [0.15, 0.2) is 0 Å². The van der Waals surface area contributed by atoms with Crippen LogP contribution in [0.15, 0.2) is 24.3 Å². The molecule has 1 aromatic carbocycles. The van der Waals surface area contributed by atoms with E-state index in [0.717, 1.165) is 25.9 Å². The lowest BCUT2D eigenvalue weighted by Crippen LogP contribution is -2.25. The summed E-state index contributed by atoms with van der Waals surface area (Å²) in [7, 11) is 0. The SMILES string of the molecule is CCc1ccccc1-n1c(C(C)C)nc2c1CCNC2. The molecule has 3 heteroatoms. The Balaban J connectivity index is 2.23. The van der Waals surface area contributed by atoms with Gasteiger partial charge in [-0.05, 0) is 18.1 Å². The summed E-state index contributed by atoms with van der Waals surface area (Å²) in [5.74, 6) is 1.63. The lowest BCUT2D eigenvalue weighted by atomic mass is 10.1. The minimum absolute atomic E-state index is 0.436. The molecule has 0 saturated heterocycles. The lowest BCUT2D eigenvalue weighted by Gasteiger charge is -2.19. The molecule has 3 nitrogen and oxygen atoms in total. The molecule has 0 aliphatic carbocycles. The second kappa shape index (κ2) is 5.41. The first-order valence-electron chi connectivity index (χ1n) is 7.61. The number of aryl methyl sites for hydroxylation is 1. The molecule has 0 amide bonds. The Hall–Kier alpha value is -1.61. The Bertz CT molecular complexity index is 611. The summed E-state index contributed by atoms with van der Waals surface area (Å²) in [6, 6.07) is 8.72. The van der Waals surface area contributed by atoms with Gasteiger partial charge in [-0.3, -0.25) is 4.57 Å². The second-order valence-electron chi connectivity index (χ2n) is 5.76. The fourth-order valence-corrected chi connectivity index (χ4v) is 3.02. The number of para-hydroxylation sites is 1. The summed E-state index contributed by atoms with van der Waals surface area (Å²) in [6.45, 7) is 8.62. The predicted octanol–water partition coefficient (Wildman–Crippen LogP) is 3.20. The number of nitrogens with zero attached hydrogens (tertiary/aromatic N) is 2. The predicted molar refractivity (Wildman–Crippen MR) is 82.4 cm³/mol. The first kappa shape index (κ1) is 13.4. The van der Waals surface area contributed by atoms with Crippen LogP contribution in [0.3, 0.4) is 0 Å². The number of fused-ring (bicyclic) bond motifs is 1. The first-order chi connectivity index (χ1) is 9.72. The monoisotopic (exact) mass is 269 g/mol. The van der Waals surface area contributed by atoms with Gasteiger partial charge in [0.2, 0.25) is 0 Å². The molecule has 20 heavy (non-hydrogen) atoms. The number of benzene rings is 1. The highest BCUT2D eigenvalue weighted by Crippen LogP contribution is 2.27. The largest absolute Gasteiger partial charge is 0.311 e. The molecule has 2 heterocycles. The van der Waals surface area contributed by atoms with Gasteiger partial charge in [0, 0.05) is 31.1 Å². The van der Waals surface area contributed by atoms with E-state index >= 15 is 0 Å². The zero-order valence-electron chi connectivity index (χ0n) is 12.6. The normalized spacial score (nSPS) is 14.6. The molecule has 1 aliphatic heterocycles. The van der Waals surface area contributed by atoms with Crippen LogP contribution in [0, 0.1) is 0 Å². The maximum Gasteiger partial charge on any atom is 0.116 e. The van der Waals surface area contributed by atoms with Crippen molar-refractivity contribution >= 4 is 0 Å². The number of imidazole rings is 1. The minimum atomic E-state index is 0.436. The van der Waals surface area contributed by atoms with E-state index in [-0.39, 0.29) is 0 Å². The van der Waals surface area contributed by atoms with Crippen LogP contribution < -0.4 is 5.32 Å². The van der Waals surface area contributed by atoms with Crippen LogP contribution in [0.1, 0.15) is 49.5 Å². The van der Waals surface area contributed by atoms with Crippen LogP contribution in [-0.2, 0) is 19.4 Å². The third-order valence-electron chi connectivity index (χ3n) is 4.04. The number of hydrogen-bond acceptors (Lipinski definition) is 2. The van der Waals surface area contributed by atoms with E-state index in [4.69, 9.17) is 4.98 Å². The van der Waals surface area contributed by atoms with Crippen LogP contribution >= 0.6 is 0 Å². The lowest BCUT2D eigenvalue weighted by molar-refractivity contribution is 0.619. The third kappa shape index (κ3) is 2.16. The molecule has 2 aromatic rings. The van der Waals surface area contributed by atoms with Gasteiger partial charge >= 0.3 is 0 Å². The highest BCUT2D eigenvalue weighted by atomic mass is 15.1. The van der Waals surface area contributed by atoms with E-state index in [1.807, 2.05) is 0 Å². The van der Waals surface area contributed by atoms with Crippen molar-refractivity contribution in [1.82, 2.24) is 14.9 Å². The van der Waals surface area contributed by atoms with E-state index in [1.54, 1.807) is 0 Å². The summed E-state index contributed by atoms with van der Waals surface area (Å²) in [5, 5.41) is 3.42. The van der Waals surface area contributed by atoms with E-state index < -0.39 is 0 Å². The van der Waals surface area contributed by atoms with Crippen LogP contribution in [0.25, 0.3) is 5.69 Å². The Morgan fingerprint density at radius 3 is 2.85 bits per heavy atom. The quantitative estimate of drug-likeness (QED) is 0.927. The van der Waals surface area contributed by atoms with E-state index in [1.165, 1.54) is 28.5 Å². The number of rotatable bonds is 3. The average molecular weight is 269 g/mol. The standard InChI is InChI=1S/C17H23N3/c1-4-13-7-5-6-8-15(13)20-16-9-10-18-11-14(16)19-17(20)12(2)3/h5-8,12,18H,4,9-11H2,1-3H3. The molecule has 0 spiro atoms. The van der Waals surface area contributed by atoms with Gasteiger partial charge in [-0.1, -0.05) is 39.0 Å². The summed E-state index contributed by atoms with van der Waals surface area (Å²) < 4.78 is 2.42. The van der Waals surface area contributed by atoms with Crippen LogP contribution in [-0.4, -0.2) is 16.1 Å². The van der Waals surface area contributed by atoms with Gasteiger partial charge < -0.3 is 5.32 Å². The molecular weight excluding hydrogens is 246 g/mol. The molecular formula is C17H23N3. The topological polar surface area (TPSA) is 29.9 Å². The highest BCUT2D eigenvalue weighted by molar-refractivity contribution is 5.45. The van der Waals surface area contributed by atoms with Crippen molar-refractivity contribution in [3.8, 4) is 5.69 Å². The van der Waals surface area contributed by atoms with Crippen LogP contribution in [0.5, 0.6) is 0 Å². The minimum Gasteiger partial charge on any atom is -0.311 e. The summed E-state index contributed by atoms with van der Waals surface area (Å²) in [6.07, 6.45) is 2.12. The molecule has 1 aliphatic rings. The smallest absolute Gasteiger partial charge is 0.116 e. The Morgan fingerprint density at radius 2 is 2.10 bits per heavy atom. The van der Waals surface area contributed by atoms with Gasteiger partial charge in [0.25, 0.3) is 0 Å². The fraction of sp³-hybridized carbons (Fsp3) is 0.471. The van der Waals surface area contributed by atoms with E-state index in [2.05, 4.69) is 54.9 Å². The maximum atomic E-state index is 4.90. The molecule has 106 valence electrons. The van der Waals surface area contributed by atoms with Gasteiger partial charge in [-0.25, -0.2) is 4.98 Å². The Kier molecular flexibility index (Phi) is 3.62. The van der Waals surface area contributed by atoms with Crippen molar-refractivity contribution in [3.05, 3.63) is 47.0 Å². The van der Waals surface area contributed by atoms with Crippen LogP contribution in [0.4, 0.5) is 0 Å².